The van der Waals surface area contributed by atoms with Crippen LogP contribution in [-0.4, -0.2) is 55.7 Å². The molecule has 2 aromatic rings. The first-order chi connectivity index (χ1) is 15.5. The summed E-state index contributed by atoms with van der Waals surface area (Å²) >= 11 is 0. The number of hydrogen-bond acceptors (Lipinski definition) is 8. The van der Waals surface area contributed by atoms with Crippen LogP contribution in [0.5, 0.6) is 0 Å². The summed E-state index contributed by atoms with van der Waals surface area (Å²) in [5.41, 5.74) is 6.71. The summed E-state index contributed by atoms with van der Waals surface area (Å²) in [6, 6.07) is 7.97. The van der Waals surface area contributed by atoms with Crippen LogP contribution >= 0.6 is 0 Å². The fraction of sp³-hybridized carbons (Fsp3) is 0.542. The Morgan fingerprint density at radius 3 is 2.64 bits per heavy atom. The quantitative estimate of drug-likeness (QED) is 0.583. The molecule has 0 aromatic carbocycles. The van der Waals surface area contributed by atoms with Gasteiger partial charge >= 0.3 is 0 Å². The molecule has 8 nitrogen and oxygen atoms in total. The molecule has 2 aromatic heterocycles. The van der Waals surface area contributed by atoms with Crippen LogP contribution in [0, 0.1) is 11.8 Å². The van der Waals surface area contributed by atoms with E-state index >= 15 is 0 Å². The normalized spacial score (nSPS) is 24.1. The van der Waals surface area contributed by atoms with Crippen LogP contribution in [0.15, 0.2) is 35.4 Å². The van der Waals surface area contributed by atoms with Gasteiger partial charge in [0.1, 0.15) is 17.4 Å². The molecule has 2 N–H and O–H groups in total. The van der Waals surface area contributed by atoms with Crippen LogP contribution in [-0.2, 0) is 14.6 Å². The molecule has 2 aliphatic rings. The highest BCUT2D eigenvalue weighted by Crippen LogP contribution is 2.48. The molecule has 0 spiro atoms. The highest BCUT2D eigenvalue weighted by atomic mass is 32.2. The zero-order valence-electron chi connectivity index (χ0n) is 19.6. The summed E-state index contributed by atoms with van der Waals surface area (Å²) in [6.07, 6.45) is 1.97. The predicted octanol–water partition coefficient (Wildman–Crippen LogP) is 3.09. The molecule has 2 unspecified atom stereocenters. The average molecular weight is 473 g/mol. The van der Waals surface area contributed by atoms with Gasteiger partial charge in [0.05, 0.1) is 5.56 Å². The molecule has 1 aliphatic carbocycles. The molecule has 1 aliphatic heterocycles. The van der Waals surface area contributed by atoms with Gasteiger partial charge in [-0.15, -0.1) is 0 Å². The molecule has 33 heavy (non-hydrogen) atoms. The Morgan fingerprint density at radius 2 is 2.00 bits per heavy atom. The molecular formula is C24H32N4O4S. The molecule has 2 fully saturated rings. The Balaban J connectivity index is 1.69. The molecule has 3 atom stereocenters. The number of sulfone groups is 1. The molecule has 1 saturated carbocycles. The van der Waals surface area contributed by atoms with Crippen molar-refractivity contribution in [2.75, 3.05) is 36.6 Å². The van der Waals surface area contributed by atoms with E-state index < -0.39 is 21.4 Å². The molecular weight excluding hydrogens is 440 g/mol. The SMILES string of the molecule is COCC1CC1c1ccc(C(=O)CS(=O)(=O)c2cccc(N)n2)c(N2C[C@@H](C)CC2(C)C)n1. The first-order valence-corrected chi connectivity index (χ1v) is 12.9. The summed E-state index contributed by atoms with van der Waals surface area (Å²) < 4.78 is 31.1. The van der Waals surface area contributed by atoms with Gasteiger partial charge in [0.15, 0.2) is 10.8 Å². The summed E-state index contributed by atoms with van der Waals surface area (Å²) in [7, 11) is -2.25. The lowest BCUT2D eigenvalue weighted by Gasteiger charge is -2.34. The van der Waals surface area contributed by atoms with Gasteiger partial charge in [-0.3, -0.25) is 4.79 Å². The largest absolute Gasteiger partial charge is 0.384 e. The van der Waals surface area contributed by atoms with E-state index in [-0.39, 0.29) is 16.4 Å². The number of anilines is 2. The Morgan fingerprint density at radius 1 is 1.24 bits per heavy atom. The fourth-order valence-electron chi connectivity index (χ4n) is 4.99. The molecule has 178 valence electrons. The predicted molar refractivity (Wildman–Crippen MR) is 127 cm³/mol. The first-order valence-electron chi connectivity index (χ1n) is 11.3. The Hall–Kier alpha value is -2.52. The van der Waals surface area contributed by atoms with Crippen LogP contribution < -0.4 is 10.6 Å². The second-order valence-corrected chi connectivity index (χ2v) is 11.9. The number of aromatic nitrogens is 2. The molecule has 0 bridgehead atoms. The van der Waals surface area contributed by atoms with E-state index in [2.05, 4.69) is 30.7 Å². The Bertz CT molecular complexity index is 1160. The van der Waals surface area contributed by atoms with Crippen molar-refractivity contribution >= 4 is 27.3 Å². The standard InChI is InChI=1S/C24H32N4O4S/c1-15-11-24(2,3)28(12-15)23-17(8-9-19(26-23)18-10-16(18)13-32-4)20(29)14-33(30,31)22-7-5-6-21(25)27-22/h5-9,15-16,18H,10-14H2,1-4H3,(H2,25,27)/t15-,16?,18?/m0/s1. The molecule has 1 saturated heterocycles. The second kappa shape index (κ2) is 8.68. The van der Waals surface area contributed by atoms with Gasteiger partial charge < -0.3 is 15.4 Å². The number of methoxy groups -OCH3 is 1. The number of ether oxygens (including phenoxy) is 1. The topological polar surface area (TPSA) is 115 Å². The van der Waals surface area contributed by atoms with E-state index in [0.717, 1.165) is 25.1 Å². The van der Waals surface area contributed by atoms with Crippen LogP contribution in [0.1, 0.15) is 55.6 Å². The van der Waals surface area contributed by atoms with E-state index in [9.17, 15) is 13.2 Å². The lowest BCUT2D eigenvalue weighted by atomic mass is 9.97. The van der Waals surface area contributed by atoms with Crippen LogP contribution in [0.3, 0.4) is 0 Å². The number of nitrogen functional groups attached to an aromatic ring is 1. The fourth-order valence-corrected chi connectivity index (χ4v) is 6.17. The van der Waals surface area contributed by atoms with Gasteiger partial charge in [0.2, 0.25) is 9.84 Å². The number of ketones is 1. The van der Waals surface area contributed by atoms with Gasteiger partial charge in [-0.05, 0) is 62.8 Å². The number of hydrogen-bond donors (Lipinski definition) is 1. The van der Waals surface area contributed by atoms with E-state index in [1.807, 2.05) is 6.07 Å². The minimum Gasteiger partial charge on any atom is -0.384 e. The van der Waals surface area contributed by atoms with Crippen molar-refractivity contribution in [2.45, 2.75) is 50.1 Å². The van der Waals surface area contributed by atoms with E-state index in [4.69, 9.17) is 15.5 Å². The summed E-state index contributed by atoms with van der Waals surface area (Å²) in [4.78, 5) is 24.3. The van der Waals surface area contributed by atoms with Gasteiger partial charge in [-0.2, -0.15) is 0 Å². The number of rotatable bonds is 8. The smallest absolute Gasteiger partial charge is 0.203 e. The van der Waals surface area contributed by atoms with Crippen molar-refractivity contribution in [3.8, 4) is 0 Å². The second-order valence-electron chi connectivity index (χ2n) is 9.98. The number of Topliss-reactive ketones (excluding diaryl/α,β-unsaturated/α-hetero) is 1. The zero-order valence-corrected chi connectivity index (χ0v) is 20.4. The molecule has 4 rings (SSSR count). The van der Waals surface area contributed by atoms with Crippen LogP contribution in [0.25, 0.3) is 0 Å². The van der Waals surface area contributed by atoms with Gasteiger partial charge in [0.25, 0.3) is 0 Å². The summed E-state index contributed by atoms with van der Waals surface area (Å²) in [6.45, 7) is 7.90. The van der Waals surface area contributed by atoms with Crippen molar-refractivity contribution in [1.82, 2.24) is 9.97 Å². The maximum absolute atomic E-state index is 13.3. The van der Waals surface area contributed by atoms with Crippen molar-refractivity contribution < 1.29 is 17.9 Å². The Kier molecular flexibility index (Phi) is 6.22. The number of carbonyl (C=O) groups excluding carboxylic acids is 1. The average Bonchev–Trinajstić information content (AvgIpc) is 3.44. The monoisotopic (exact) mass is 472 g/mol. The van der Waals surface area contributed by atoms with Crippen molar-refractivity contribution in [3.05, 3.63) is 41.6 Å². The summed E-state index contributed by atoms with van der Waals surface area (Å²) in [5.74, 6) is 0.665. The van der Waals surface area contributed by atoms with Crippen molar-refractivity contribution in [3.63, 3.8) is 0 Å². The minimum absolute atomic E-state index is 0.0954. The highest BCUT2D eigenvalue weighted by molar-refractivity contribution is 7.92. The lowest BCUT2D eigenvalue weighted by Crippen LogP contribution is -2.40. The van der Waals surface area contributed by atoms with Crippen LogP contribution in [0.4, 0.5) is 11.6 Å². The first kappa shape index (κ1) is 23.6. The number of carbonyl (C=O) groups is 1. The van der Waals surface area contributed by atoms with E-state index in [0.29, 0.717) is 35.7 Å². The van der Waals surface area contributed by atoms with Gasteiger partial charge in [-0.1, -0.05) is 13.0 Å². The zero-order chi connectivity index (χ0) is 24.0. The molecule has 3 heterocycles. The molecule has 9 heteroatoms. The number of nitrogens with zero attached hydrogens (tertiary/aromatic N) is 3. The third kappa shape index (κ3) is 4.89. The molecule has 0 amide bonds. The third-order valence-corrected chi connectivity index (χ3v) is 8.10. The summed E-state index contributed by atoms with van der Waals surface area (Å²) in [5, 5.41) is -0.197. The third-order valence-electron chi connectivity index (χ3n) is 6.59. The lowest BCUT2D eigenvalue weighted by molar-refractivity contribution is 0.102. The van der Waals surface area contributed by atoms with Crippen LogP contribution in [0.2, 0.25) is 0 Å². The van der Waals surface area contributed by atoms with E-state index in [1.165, 1.54) is 18.2 Å². The van der Waals surface area contributed by atoms with Gasteiger partial charge in [-0.25, -0.2) is 18.4 Å². The van der Waals surface area contributed by atoms with Crippen molar-refractivity contribution in [2.24, 2.45) is 11.8 Å². The maximum atomic E-state index is 13.3. The number of nitrogens with two attached hydrogens (primary N) is 1. The molecule has 0 radical (unpaired) electrons. The maximum Gasteiger partial charge on any atom is 0.203 e. The van der Waals surface area contributed by atoms with Gasteiger partial charge in [0, 0.05) is 37.4 Å². The number of pyridine rings is 2. The van der Waals surface area contributed by atoms with Crippen molar-refractivity contribution in [1.29, 1.82) is 0 Å². The highest BCUT2D eigenvalue weighted by Gasteiger charge is 2.42. The Labute approximate surface area is 195 Å². The minimum atomic E-state index is -3.94. The van der Waals surface area contributed by atoms with E-state index in [1.54, 1.807) is 13.2 Å².